The molecule has 0 bridgehead atoms. The quantitative estimate of drug-likeness (QED) is 0.523. The molecular formula is C16H28O5. The second-order valence-corrected chi connectivity index (χ2v) is 5.72. The molecule has 122 valence electrons. The van der Waals surface area contributed by atoms with Gasteiger partial charge in [0.2, 0.25) is 0 Å². The number of aliphatic carboxylic acids is 1. The van der Waals surface area contributed by atoms with E-state index in [0.717, 1.165) is 38.5 Å². The van der Waals surface area contributed by atoms with Gasteiger partial charge in [0.1, 0.15) is 0 Å². The molecule has 1 aliphatic rings. The van der Waals surface area contributed by atoms with Crippen molar-refractivity contribution in [3.8, 4) is 0 Å². The zero-order valence-corrected chi connectivity index (χ0v) is 13.2. The van der Waals surface area contributed by atoms with Crippen molar-refractivity contribution in [2.75, 3.05) is 13.2 Å². The molecule has 0 saturated heterocycles. The van der Waals surface area contributed by atoms with Crippen LogP contribution in [-0.4, -0.2) is 35.9 Å². The van der Waals surface area contributed by atoms with E-state index in [2.05, 4.69) is 6.92 Å². The number of rotatable bonds is 9. The van der Waals surface area contributed by atoms with Gasteiger partial charge in [-0.2, -0.15) is 0 Å². The number of esters is 1. The Bertz CT molecular complexity index is 342. The molecular weight excluding hydrogens is 272 g/mol. The first-order valence-electron chi connectivity index (χ1n) is 8.12. The highest BCUT2D eigenvalue weighted by atomic mass is 16.6. The van der Waals surface area contributed by atoms with E-state index in [9.17, 15) is 14.7 Å². The van der Waals surface area contributed by atoms with Crippen LogP contribution in [0.4, 0.5) is 0 Å². The topological polar surface area (TPSA) is 72.8 Å². The van der Waals surface area contributed by atoms with E-state index < -0.39 is 23.5 Å². The van der Waals surface area contributed by atoms with Crippen LogP contribution in [0.15, 0.2) is 0 Å². The number of carbonyl (C=O) groups is 2. The Morgan fingerprint density at radius 2 is 1.90 bits per heavy atom. The molecule has 1 saturated carbocycles. The molecule has 1 N–H and O–H groups in total. The predicted molar refractivity (Wildman–Crippen MR) is 79.1 cm³/mol. The fraction of sp³-hybridized carbons (Fsp3) is 0.875. The van der Waals surface area contributed by atoms with Gasteiger partial charge >= 0.3 is 11.9 Å². The minimum Gasteiger partial charge on any atom is -0.481 e. The maximum absolute atomic E-state index is 12.4. The molecule has 1 rings (SSSR count). The first-order valence-corrected chi connectivity index (χ1v) is 8.12. The standard InChI is InChI=1S/C16H28O5/c1-3-5-8-12-21-16(15(19)20-11-4-2)10-7-6-9-13(16)14(17)18/h13H,3-12H2,1-2H3,(H,17,18). The fourth-order valence-corrected chi connectivity index (χ4v) is 2.87. The van der Waals surface area contributed by atoms with Gasteiger partial charge in [0, 0.05) is 6.61 Å². The van der Waals surface area contributed by atoms with Crippen molar-refractivity contribution < 1.29 is 24.2 Å². The molecule has 1 fully saturated rings. The van der Waals surface area contributed by atoms with Crippen LogP contribution in [0.25, 0.3) is 0 Å². The van der Waals surface area contributed by atoms with Crippen LogP contribution < -0.4 is 0 Å². The largest absolute Gasteiger partial charge is 0.481 e. The fourth-order valence-electron chi connectivity index (χ4n) is 2.87. The molecule has 0 spiro atoms. The number of carboxylic acid groups (broad SMARTS) is 1. The van der Waals surface area contributed by atoms with E-state index in [1.807, 2.05) is 6.92 Å². The third kappa shape index (κ3) is 4.70. The molecule has 0 heterocycles. The van der Waals surface area contributed by atoms with Crippen LogP contribution in [-0.2, 0) is 19.1 Å². The number of unbranched alkanes of at least 4 members (excludes halogenated alkanes) is 2. The first-order chi connectivity index (χ1) is 10.1. The van der Waals surface area contributed by atoms with E-state index in [4.69, 9.17) is 9.47 Å². The van der Waals surface area contributed by atoms with E-state index in [-0.39, 0.29) is 0 Å². The van der Waals surface area contributed by atoms with E-state index in [0.29, 0.717) is 26.1 Å². The van der Waals surface area contributed by atoms with Gasteiger partial charge < -0.3 is 14.6 Å². The number of ether oxygens (including phenoxy) is 2. The summed E-state index contributed by atoms with van der Waals surface area (Å²) in [5.74, 6) is -2.25. The Balaban J connectivity index is 2.84. The van der Waals surface area contributed by atoms with Crippen LogP contribution in [0.2, 0.25) is 0 Å². The van der Waals surface area contributed by atoms with Gasteiger partial charge in [-0.15, -0.1) is 0 Å². The molecule has 5 heteroatoms. The highest BCUT2D eigenvalue weighted by Crippen LogP contribution is 2.38. The summed E-state index contributed by atoms with van der Waals surface area (Å²) in [5.41, 5.74) is -1.28. The van der Waals surface area contributed by atoms with Crippen LogP contribution >= 0.6 is 0 Å². The molecule has 0 aromatic rings. The molecule has 0 radical (unpaired) electrons. The maximum Gasteiger partial charge on any atom is 0.339 e. The Hall–Kier alpha value is -1.10. The summed E-state index contributed by atoms with van der Waals surface area (Å²) in [6.07, 6.45) is 6.16. The van der Waals surface area contributed by atoms with Gasteiger partial charge in [0.15, 0.2) is 5.60 Å². The van der Waals surface area contributed by atoms with Gasteiger partial charge in [-0.3, -0.25) is 4.79 Å². The van der Waals surface area contributed by atoms with E-state index >= 15 is 0 Å². The summed E-state index contributed by atoms with van der Waals surface area (Å²) in [5, 5.41) is 9.46. The van der Waals surface area contributed by atoms with Crippen molar-refractivity contribution in [2.24, 2.45) is 5.92 Å². The molecule has 2 unspecified atom stereocenters. The average molecular weight is 300 g/mol. The SMILES string of the molecule is CCCCCOC1(C(=O)OCCC)CCCCC1C(=O)O. The molecule has 21 heavy (non-hydrogen) atoms. The lowest BCUT2D eigenvalue weighted by Crippen LogP contribution is -2.54. The third-order valence-corrected chi connectivity index (χ3v) is 4.04. The lowest BCUT2D eigenvalue weighted by atomic mass is 9.75. The minimum absolute atomic E-state index is 0.311. The van der Waals surface area contributed by atoms with Gasteiger partial charge in [0.05, 0.1) is 12.5 Å². The summed E-state index contributed by atoms with van der Waals surface area (Å²) >= 11 is 0. The number of hydrogen-bond acceptors (Lipinski definition) is 4. The van der Waals surface area contributed by atoms with E-state index in [1.165, 1.54) is 0 Å². The average Bonchev–Trinajstić information content (AvgIpc) is 2.49. The van der Waals surface area contributed by atoms with Crippen LogP contribution in [0.1, 0.15) is 65.2 Å². The van der Waals surface area contributed by atoms with E-state index in [1.54, 1.807) is 0 Å². The summed E-state index contributed by atoms with van der Waals surface area (Å²) in [4.78, 5) is 24.0. The van der Waals surface area contributed by atoms with Crippen molar-refractivity contribution in [3.05, 3.63) is 0 Å². The Labute approximate surface area is 127 Å². The zero-order chi connectivity index (χ0) is 15.7. The maximum atomic E-state index is 12.4. The van der Waals surface area contributed by atoms with Crippen LogP contribution in [0.5, 0.6) is 0 Å². The zero-order valence-electron chi connectivity index (χ0n) is 13.2. The Kier molecular flexibility index (Phi) is 7.72. The molecule has 1 aliphatic carbocycles. The molecule has 2 atom stereocenters. The summed E-state index contributed by atoms with van der Waals surface area (Å²) in [7, 11) is 0. The van der Waals surface area contributed by atoms with Crippen molar-refractivity contribution in [3.63, 3.8) is 0 Å². The highest BCUT2D eigenvalue weighted by Gasteiger charge is 2.53. The molecule has 5 nitrogen and oxygen atoms in total. The first kappa shape index (κ1) is 18.0. The number of carboxylic acids is 1. The second-order valence-electron chi connectivity index (χ2n) is 5.72. The number of carbonyl (C=O) groups excluding carboxylic acids is 1. The van der Waals surface area contributed by atoms with Crippen molar-refractivity contribution in [2.45, 2.75) is 70.8 Å². The summed E-state index contributed by atoms with van der Waals surface area (Å²) in [6, 6.07) is 0. The highest BCUT2D eigenvalue weighted by molar-refractivity contribution is 5.87. The van der Waals surface area contributed by atoms with Crippen LogP contribution in [0.3, 0.4) is 0 Å². The molecule has 0 amide bonds. The summed E-state index contributed by atoms with van der Waals surface area (Å²) < 4.78 is 11.1. The van der Waals surface area contributed by atoms with Crippen molar-refractivity contribution in [1.29, 1.82) is 0 Å². The normalized spacial score (nSPS) is 25.5. The summed E-state index contributed by atoms with van der Waals surface area (Å²) in [6.45, 7) is 4.73. The lowest BCUT2D eigenvalue weighted by Gasteiger charge is -2.39. The predicted octanol–water partition coefficient (Wildman–Crippen LogP) is 3.16. The number of hydrogen-bond donors (Lipinski definition) is 1. The third-order valence-electron chi connectivity index (χ3n) is 4.04. The molecule has 0 aliphatic heterocycles. The Morgan fingerprint density at radius 3 is 2.52 bits per heavy atom. The van der Waals surface area contributed by atoms with Gasteiger partial charge in [-0.25, -0.2) is 4.79 Å². The Morgan fingerprint density at radius 1 is 1.14 bits per heavy atom. The monoisotopic (exact) mass is 300 g/mol. The lowest BCUT2D eigenvalue weighted by molar-refractivity contribution is -0.194. The smallest absolute Gasteiger partial charge is 0.339 e. The van der Waals surface area contributed by atoms with Crippen LogP contribution in [0, 0.1) is 5.92 Å². The molecule has 0 aromatic heterocycles. The van der Waals surface area contributed by atoms with Gasteiger partial charge in [-0.05, 0) is 32.1 Å². The van der Waals surface area contributed by atoms with Crippen molar-refractivity contribution >= 4 is 11.9 Å². The minimum atomic E-state index is -1.28. The van der Waals surface area contributed by atoms with Crippen molar-refractivity contribution in [1.82, 2.24) is 0 Å². The van der Waals surface area contributed by atoms with Gasteiger partial charge in [0.25, 0.3) is 0 Å². The second kappa shape index (κ2) is 9.03. The molecule has 0 aromatic carbocycles. The van der Waals surface area contributed by atoms with Gasteiger partial charge in [-0.1, -0.05) is 33.1 Å².